The minimum absolute atomic E-state index is 0.210. The molecular formula is C22H28FN3O. The van der Waals surface area contributed by atoms with Crippen molar-refractivity contribution in [3.8, 4) is 0 Å². The number of hydrogen-bond donors (Lipinski definition) is 1. The van der Waals surface area contributed by atoms with Crippen molar-refractivity contribution in [2.24, 2.45) is 0 Å². The summed E-state index contributed by atoms with van der Waals surface area (Å²) >= 11 is 0. The summed E-state index contributed by atoms with van der Waals surface area (Å²) in [5.74, 6) is -0.630. The molecule has 1 amide bonds. The van der Waals surface area contributed by atoms with Gasteiger partial charge in [-0.05, 0) is 57.0 Å². The molecule has 0 aromatic heterocycles. The predicted octanol–water partition coefficient (Wildman–Crippen LogP) is 4.28. The zero-order chi connectivity index (χ0) is 19.2. The first kappa shape index (κ1) is 19.4. The molecule has 1 saturated heterocycles. The molecule has 1 aliphatic rings. The normalized spacial score (nSPS) is 15.6. The third-order valence-corrected chi connectivity index (χ3v) is 5.28. The maximum atomic E-state index is 13.8. The van der Waals surface area contributed by atoms with Gasteiger partial charge in [0.1, 0.15) is 5.82 Å². The molecule has 0 spiro atoms. The second kappa shape index (κ2) is 9.00. The van der Waals surface area contributed by atoms with Crippen LogP contribution in [0, 0.1) is 5.82 Å². The van der Waals surface area contributed by atoms with Crippen LogP contribution in [0.25, 0.3) is 0 Å². The SMILES string of the molecule is C[C@H](C(=O)Nc1ccccc1F)N(C)Cc1ccccc1N1CCCCC1. The van der Waals surface area contributed by atoms with Gasteiger partial charge in [0.25, 0.3) is 0 Å². The minimum Gasteiger partial charge on any atom is -0.371 e. The maximum Gasteiger partial charge on any atom is 0.241 e. The first-order valence-corrected chi connectivity index (χ1v) is 9.65. The first-order chi connectivity index (χ1) is 13.1. The van der Waals surface area contributed by atoms with Gasteiger partial charge in [-0.3, -0.25) is 9.69 Å². The van der Waals surface area contributed by atoms with Crippen LogP contribution in [0.1, 0.15) is 31.7 Å². The maximum absolute atomic E-state index is 13.8. The highest BCUT2D eigenvalue weighted by molar-refractivity contribution is 5.94. The average molecular weight is 369 g/mol. The number of halogens is 1. The summed E-state index contributed by atoms with van der Waals surface area (Å²) in [6.07, 6.45) is 3.75. The van der Waals surface area contributed by atoms with Gasteiger partial charge in [-0.2, -0.15) is 0 Å². The molecule has 27 heavy (non-hydrogen) atoms. The number of amides is 1. The Hall–Kier alpha value is -2.40. The van der Waals surface area contributed by atoms with Crippen molar-refractivity contribution < 1.29 is 9.18 Å². The highest BCUT2D eigenvalue weighted by Crippen LogP contribution is 2.25. The Bertz CT molecular complexity index is 774. The molecular weight excluding hydrogens is 341 g/mol. The number of benzene rings is 2. The lowest BCUT2D eigenvalue weighted by atomic mass is 10.1. The molecule has 0 radical (unpaired) electrons. The van der Waals surface area contributed by atoms with E-state index in [0.29, 0.717) is 6.54 Å². The van der Waals surface area contributed by atoms with Crippen molar-refractivity contribution in [1.82, 2.24) is 4.90 Å². The van der Waals surface area contributed by atoms with Gasteiger partial charge in [0, 0.05) is 25.3 Å². The van der Waals surface area contributed by atoms with Gasteiger partial charge in [0.2, 0.25) is 5.91 Å². The van der Waals surface area contributed by atoms with Crippen molar-refractivity contribution >= 4 is 17.3 Å². The van der Waals surface area contributed by atoms with Crippen LogP contribution >= 0.6 is 0 Å². The number of anilines is 2. The summed E-state index contributed by atoms with van der Waals surface area (Å²) in [5, 5.41) is 2.69. The smallest absolute Gasteiger partial charge is 0.241 e. The van der Waals surface area contributed by atoms with E-state index in [4.69, 9.17) is 0 Å². The van der Waals surface area contributed by atoms with E-state index >= 15 is 0 Å². The van der Waals surface area contributed by atoms with E-state index < -0.39 is 5.82 Å². The van der Waals surface area contributed by atoms with E-state index in [2.05, 4.69) is 28.4 Å². The zero-order valence-corrected chi connectivity index (χ0v) is 16.1. The number of carbonyl (C=O) groups excluding carboxylic acids is 1. The van der Waals surface area contributed by atoms with E-state index in [1.807, 2.05) is 24.9 Å². The van der Waals surface area contributed by atoms with Crippen molar-refractivity contribution in [3.63, 3.8) is 0 Å². The van der Waals surface area contributed by atoms with Crippen LogP contribution in [-0.4, -0.2) is 37.0 Å². The molecule has 3 rings (SSSR count). The largest absolute Gasteiger partial charge is 0.371 e. The molecule has 2 aromatic rings. The Morgan fingerprint density at radius 3 is 2.52 bits per heavy atom. The number of nitrogens with one attached hydrogen (secondary N) is 1. The van der Waals surface area contributed by atoms with E-state index in [1.165, 1.54) is 36.6 Å². The number of para-hydroxylation sites is 2. The fourth-order valence-corrected chi connectivity index (χ4v) is 3.49. The summed E-state index contributed by atoms with van der Waals surface area (Å²) in [5.41, 5.74) is 2.69. The van der Waals surface area contributed by atoms with Gasteiger partial charge in [-0.15, -0.1) is 0 Å². The average Bonchev–Trinajstić information content (AvgIpc) is 2.70. The molecule has 2 aromatic carbocycles. The van der Waals surface area contributed by atoms with Crippen LogP contribution in [0.15, 0.2) is 48.5 Å². The van der Waals surface area contributed by atoms with Crippen LogP contribution in [0.3, 0.4) is 0 Å². The molecule has 1 aliphatic heterocycles. The van der Waals surface area contributed by atoms with Crippen LogP contribution in [-0.2, 0) is 11.3 Å². The Balaban J connectivity index is 1.67. The van der Waals surface area contributed by atoms with Gasteiger partial charge < -0.3 is 10.2 Å². The second-order valence-electron chi connectivity index (χ2n) is 7.24. The lowest BCUT2D eigenvalue weighted by Crippen LogP contribution is -2.39. The fourth-order valence-electron chi connectivity index (χ4n) is 3.49. The molecule has 1 atom stereocenters. The Morgan fingerprint density at radius 1 is 1.11 bits per heavy atom. The molecule has 4 nitrogen and oxygen atoms in total. The van der Waals surface area contributed by atoms with E-state index in [-0.39, 0.29) is 17.6 Å². The van der Waals surface area contributed by atoms with Crippen molar-refractivity contribution in [2.45, 2.75) is 38.8 Å². The minimum atomic E-state index is -0.420. The number of carbonyl (C=O) groups is 1. The van der Waals surface area contributed by atoms with Crippen LogP contribution in [0.5, 0.6) is 0 Å². The van der Waals surface area contributed by atoms with E-state index in [1.54, 1.807) is 18.2 Å². The number of rotatable bonds is 6. The number of likely N-dealkylation sites (N-methyl/N-ethyl adjacent to an activating group) is 1. The van der Waals surface area contributed by atoms with Crippen molar-refractivity contribution in [1.29, 1.82) is 0 Å². The third kappa shape index (κ3) is 4.86. The number of hydrogen-bond acceptors (Lipinski definition) is 3. The van der Waals surface area contributed by atoms with Gasteiger partial charge in [-0.1, -0.05) is 30.3 Å². The van der Waals surface area contributed by atoms with E-state index in [0.717, 1.165) is 13.1 Å². The van der Waals surface area contributed by atoms with Crippen LogP contribution in [0.4, 0.5) is 15.8 Å². The Kier molecular flexibility index (Phi) is 6.45. The quantitative estimate of drug-likeness (QED) is 0.826. The highest BCUT2D eigenvalue weighted by atomic mass is 19.1. The molecule has 5 heteroatoms. The topological polar surface area (TPSA) is 35.6 Å². The molecule has 1 fully saturated rings. The highest BCUT2D eigenvalue weighted by Gasteiger charge is 2.21. The zero-order valence-electron chi connectivity index (χ0n) is 16.1. The van der Waals surface area contributed by atoms with Gasteiger partial charge >= 0.3 is 0 Å². The summed E-state index contributed by atoms with van der Waals surface area (Å²) in [6, 6.07) is 14.3. The molecule has 0 saturated carbocycles. The summed E-state index contributed by atoms with van der Waals surface area (Å²) in [6.45, 7) is 4.69. The number of piperidine rings is 1. The van der Waals surface area contributed by atoms with Crippen LogP contribution < -0.4 is 10.2 Å². The monoisotopic (exact) mass is 369 g/mol. The van der Waals surface area contributed by atoms with Crippen LogP contribution in [0.2, 0.25) is 0 Å². The summed E-state index contributed by atoms with van der Waals surface area (Å²) in [7, 11) is 1.93. The Labute approximate surface area is 161 Å². The van der Waals surface area contributed by atoms with Gasteiger partial charge in [-0.25, -0.2) is 4.39 Å². The molecule has 0 unspecified atom stereocenters. The van der Waals surface area contributed by atoms with E-state index in [9.17, 15) is 9.18 Å². The standard InChI is InChI=1S/C22H28FN3O/c1-17(22(27)24-20-12-6-5-11-19(20)23)25(2)16-18-10-4-7-13-21(18)26-14-8-3-9-15-26/h4-7,10-13,17H,3,8-9,14-16H2,1-2H3,(H,24,27)/t17-/m1/s1. The van der Waals surface area contributed by atoms with Gasteiger partial charge in [0.05, 0.1) is 11.7 Å². The molecule has 0 bridgehead atoms. The van der Waals surface area contributed by atoms with Gasteiger partial charge in [0.15, 0.2) is 0 Å². The fraction of sp³-hybridized carbons (Fsp3) is 0.409. The Morgan fingerprint density at radius 2 is 1.78 bits per heavy atom. The molecule has 0 aliphatic carbocycles. The molecule has 1 heterocycles. The molecule has 144 valence electrons. The summed E-state index contributed by atoms with van der Waals surface area (Å²) < 4.78 is 13.8. The van der Waals surface area contributed by atoms with Crippen molar-refractivity contribution in [2.75, 3.05) is 30.4 Å². The predicted molar refractivity (Wildman–Crippen MR) is 108 cm³/mol. The number of nitrogens with zero attached hydrogens (tertiary/aromatic N) is 2. The third-order valence-electron chi connectivity index (χ3n) is 5.28. The lowest BCUT2D eigenvalue weighted by Gasteiger charge is -2.32. The first-order valence-electron chi connectivity index (χ1n) is 9.65. The van der Waals surface area contributed by atoms with Crippen molar-refractivity contribution in [3.05, 3.63) is 59.9 Å². The summed E-state index contributed by atoms with van der Waals surface area (Å²) in [4.78, 5) is 17.0. The molecule has 1 N–H and O–H groups in total. The second-order valence-corrected chi connectivity index (χ2v) is 7.24. The lowest BCUT2D eigenvalue weighted by molar-refractivity contribution is -0.120.